The van der Waals surface area contributed by atoms with E-state index in [0.29, 0.717) is 93.8 Å². The van der Waals surface area contributed by atoms with Crippen LogP contribution in [0.3, 0.4) is 0 Å². The molecule has 6 aliphatic heterocycles. The van der Waals surface area contributed by atoms with Gasteiger partial charge in [0, 0.05) is 137 Å². The lowest BCUT2D eigenvalue weighted by atomic mass is 10.1. The molecule has 6 aliphatic rings. The SMILES string of the molecule is Fc1cc(F)c(N2COc3cc(F)c(F)cc3C2)c(F)c1.Fc1cc(F)c(N2COc3ccc(F)cc3C2)c(F)c1.Fc1ccc(N2COc3cc(F)c(F)cc3C2)c(F)c1.Fc1ccc(N2COc3cc(F)c(F)cc3C2)cc1.Fc1ccc(N2COc3cc(F)c(F)cc3C2)cc1F.Fc1ccc2c(c1)CN(c1ccc(F)c(F)c1)CO2. The molecule has 35 heteroatoms. The van der Waals surface area contributed by atoms with E-state index in [1.54, 1.807) is 32.9 Å². The number of fused-ring (bicyclic) bond motifs is 6. The van der Waals surface area contributed by atoms with Gasteiger partial charge in [-0.3, -0.25) is 0 Å². The highest BCUT2D eigenvalue weighted by atomic mass is 19.2. The molecule has 12 nitrogen and oxygen atoms in total. The summed E-state index contributed by atoms with van der Waals surface area (Å²) in [6.45, 7) is 1.20. The average molecular weight is 1680 g/mol. The molecule has 0 unspecified atom stereocenters. The summed E-state index contributed by atoms with van der Waals surface area (Å²) in [6.07, 6.45) is 0. The normalized spacial score (nSPS) is 13.9. The summed E-state index contributed by atoms with van der Waals surface area (Å²) >= 11 is 0. The number of benzene rings is 12. The number of anilines is 6. The molecule has 0 bridgehead atoms. The Labute approximate surface area is 659 Å². The predicted molar refractivity (Wildman–Crippen MR) is 386 cm³/mol. The van der Waals surface area contributed by atoms with Crippen molar-refractivity contribution in [1.29, 1.82) is 0 Å². The third-order valence-electron chi connectivity index (χ3n) is 18.5. The van der Waals surface area contributed by atoms with Crippen LogP contribution in [0.5, 0.6) is 34.5 Å². The number of hydrogen-bond acceptors (Lipinski definition) is 12. The molecule has 0 spiro atoms. The van der Waals surface area contributed by atoms with Crippen molar-refractivity contribution in [2.75, 3.05) is 69.8 Å². The van der Waals surface area contributed by atoms with Crippen LogP contribution >= 0.6 is 0 Å². The molecule has 0 saturated carbocycles. The molecule has 119 heavy (non-hydrogen) atoms. The molecule has 0 aliphatic carbocycles. The second kappa shape index (κ2) is 36.0. The molecule has 0 N–H and O–H groups in total. The number of hydrogen-bond donors (Lipinski definition) is 0. The maximum absolute atomic E-state index is 13.7. The Hall–Kier alpha value is -13.4. The van der Waals surface area contributed by atoms with Crippen molar-refractivity contribution in [2.45, 2.75) is 39.3 Å². The predicted octanol–water partition coefficient (Wildman–Crippen LogP) is 21.5. The van der Waals surface area contributed by atoms with Crippen LogP contribution in [0, 0.1) is 134 Å². The lowest BCUT2D eigenvalue weighted by molar-refractivity contribution is 0.282. The fourth-order valence-corrected chi connectivity index (χ4v) is 12.7. The molecule has 0 saturated heterocycles. The van der Waals surface area contributed by atoms with Crippen LogP contribution in [-0.2, 0) is 39.3 Å². The van der Waals surface area contributed by atoms with Gasteiger partial charge in [-0.25, -0.2) is 101 Å². The van der Waals surface area contributed by atoms with E-state index in [9.17, 15) is 101 Å². The maximum Gasteiger partial charge on any atom is 0.162 e. The van der Waals surface area contributed by atoms with Crippen LogP contribution in [0.2, 0.25) is 0 Å². The van der Waals surface area contributed by atoms with Gasteiger partial charge in [0.1, 0.15) is 86.6 Å². The van der Waals surface area contributed by atoms with Crippen molar-refractivity contribution >= 4 is 34.1 Å². The van der Waals surface area contributed by atoms with Gasteiger partial charge < -0.3 is 57.8 Å². The summed E-state index contributed by atoms with van der Waals surface area (Å²) in [6, 6.07) is 34.6. The number of nitrogens with zero attached hydrogens (tertiary/aromatic N) is 6. The minimum absolute atomic E-state index is 0.0272. The van der Waals surface area contributed by atoms with Crippen molar-refractivity contribution in [2.24, 2.45) is 0 Å². The van der Waals surface area contributed by atoms with Crippen LogP contribution in [0.15, 0.2) is 188 Å². The van der Waals surface area contributed by atoms with E-state index in [1.165, 1.54) is 70.5 Å². The van der Waals surface area contributed by atoms with Gasteiger partial charge in [-0.05, 0) is 121 Å². The second-order valence-electron chi connectivity index (χ2n) is 26.5. The van der Waals surface area contributed by atoms with Gasteiger partial charge in [0.25, 0.3) is 0 Å². The van der Waals surface area contributed by atoms with E-state index < -0.39 is 128 Å². The molecule has 0 fully saturated rings. The summed E-state index contributed by atoms with van der Waals surface area (Å²) in [4.78, 5) is 8.93. The van der Waals surface area contributed by atoms with E-state index in [0.717, 1.165) is 95.5 Å². The molecule has 12 aromatic rings. The van der Waals surface area contributed by atoms with Crippen LogP contribution in [0.4, 0.5) is 135 Å². The molecule has 0 atom stereocenters. The Bertz CT molecular complexity index is 5740. The number of ether oxygens (including phenoxy) is 6. The Morgan fingerprint density at radius 1 is 0.168 bits per heavy atom. The second-order valence-corrected chi connectivity index (χ2v) is 26.5. The van der Waals surface area contributed by atoms with Crippen LogP contribution < -0.4 is 57.8 Å². The fourth-order valence-electron chi connectivity index (χ4n) is 12.7. The molecule has 0 radical (unpaired) electrons. The highest BCUT2D eigenvalue weighted by molar-refractivity contribution is 5.58. The Morgan fingerprint density at radius 3 is 0.773 bits per heavy atom. The van der Waals surface area contributed by atoms with Crippen molar-refractivity contribution in [3.63, 3.8) is 0 Å². The van der Waals surface area contributed by atoms with Crippen molar-refractivity contribution in [3.8, 4) is 34.5 Å². The van der Waals surface area contributed by atoms with E-state index in [2.05, 4.69) is 0 Å². The Morgan fingerprint density at radius 2 is 0.420 bits per heavy atom. The minimum Gasteiger partial charge on any atom is -0.473 e. The van der Waals surface area contributed by atoms with Crippen LogP contribution in [-0.4, -0.2) is 40.4 Å². The zero-order valence-electron chi connectivity index (χ0n) is 60.7. The van der Waals surface area contributed by atoms with Gasteiger partial charge in [-0.2, -0.15) is 0 Å². The highest BCUT2D eigenvalue weighted by Crippen LogP contribution is 2.39. The molecule has 0 aromatic heterocycles. The first-order valence-electron chi connectivity index (χ1n) is 35.0. The first kappa shape index (κ1) is 83.6. The molecular formula is C84H55F23N6O6. The zero-order valence-corrected chi connectivity index (χ0v) is 60.7. The topological polar surface area (TPSA) is 74.8 Å². The first-order chi connectivity index (χ1) is 56.8. The van der Waals surface area contributed by atoms with Crippen molar-refractivity contribution in [1.82, 2.24) is 0 Å². The Balaban J connectivity index is 0.000000124. The molecular weight excluding hydrogens is 1630 g/mol. The third kappa shape index (κ3) is 19.8. The smallest absolute Gasteiger partial charge is 0.162 e. The largest absolute Gasteiger partial charge is 0.473 e. The summed E-state index contributed by atoms with van der Waals surface area (Å²) < 4.78 is 335. The van der Waals surface area contributed by atoms with E-state index >= 15 is 0 Å². The summed E-state index contributed by atoms with van der Waals surface area (Å²) in [5, 5.41) is 0. The lowest BCUT2D eigenvalue weighted by Gasteiger charge is -2.31. The van der Waals surface area contributed by atoms with E-state index in [4.69, 9.17) is 28.4 Å². The quantitative estimate of drug-likeness (QED) is 0.149. The van der Waals surface area contributed by atoms with Gasteiger partial charge in [-0.1, -0.05) is 0 Å². The third-order valence-corrected chi connectivity index (χ3v) is 18.5. The van der Waals surface area contributed by atoms with E-state index in [-0.39, 0.29) is 112 Å². The fraction of sp³-hybridized carbons (Fsp3) is 0.143. The standard InChI is InChI=1S/C14H8F5NO.3C14H9F4NO.2C14H10F3NO/c15-8-2-11(18)14(12(19)3-8)20-5-7-1-9(16)10(17)4-13(7)21-6-20;15-9-1-2-13(12(18)4-9)19-6-8-3-10(16)11(17)5-14(8)20-7-19;15-10-2-1-9(4-12(10)17)19-6-8-3-11(16)13(18)5-14(8)20-7-19;15-9-1-2-13-8(3-9)6-19(7-20-13)14-11(17)4-10(16)5-12(14)18;15-10-1-4-14-9(5-10)7-18(8-19-14)11-2-3-12(16)13(17)6-11;15-10-1-3-11(4-2-10)18-7-9-5-12(16)13(17)6-14(9)19-8-18/h1-4H,5-6H2;3*1-5H,6-7H2;2*1-6H,7-8H2. The van der Waals surface area contributed by atoms with Crippen molar-refractivity contribution < 1.29 is 129 Å². The lowest BCUT2D eigenvalue weighted by Crippen LogP contribution is -2.33. The number of halogens is 23. The highest BCUT2D eigenvalue weighted by Gasteiger charge is 2.30. The van der Waals surface area contributed by atoms with Gasteiger partial charge in [0.15, 0.2) is 133 Å². The van der Waals surface area contributed by atoms with Gasteiger partial charge in [-0.15, -0.1) is 0 Å². The minimum atomic E-state index is -1.10. The van der Waals surface area contributed by atoms with Gasteiger partial charge in [0.2, 0.25) is 0 Å². The van der Waals surface area contributed by atoms with Crippen LogP contribution in [0.1, 0.15) is 33.4 Å². The first-order valence-corrected chi connectivity index (χ1v) is 35.0. The van der Waals surface area contributed by atoms with Crippen LogP contribution in [0.25, 0.3) is 0 Å². The molecule has 0 amide bonds. The average Bonchev–Trinajstić information content (AvgIpc) is 0.718. The molecule has 6 heterocycles. The molecule has 12 aromatic carbocycles. The van der Waals surface area contributed by atoms with Gasteiger partial charge >= 0.3 is 0 Å². The summed E-state index contributed by atoms with van der Waals surface area (Å²) in [5.74, 6) is -18.5. The monoisotopic (exact) mass is 1680 g/mol. The summed E-state index contributed by atoms with van der Waals surface area (Å²) in [7, 11) is 0. The van der Waals surface area contributed by atoms with Crippen molar-refractivity contribution in [3.05, 3.63) is 355 Å². The maximum atomic E-state index is 13.7. The number of rotatable bonds is 6. The molecule has 18 rings (SSSR count). The van der Waals surface area contributed by atoms with E-state index in [1.807, 2.05) is 0 Å². The zero-order chi connectivity index (χ0) is 84.8. The summed E-state index contributed by atoms with van der Waals surface area (Å²) in [5.41, 5.74) is 3.73. The Kier molecular flexibility index (Phi) is 25.3. The molecule has 618 valence electrons. The van der Waals surface area contributed by atoms with Gasteiger partial charge in [0.05, 0.1) is 25.3 Å².